The number of ether oxygens (including phenoxy) is 1. The molecule has 3 fully saturated rings. The van der Waals surface area contributed by atoms with Crippen LogP contribution in [0.5, 0.6) is 0 Å². The van der Waals surface area contributed by atoms with Crippen LogP contribution in [0.25, 0.3) is 0 Å². The largest absolute Gasteiger partial charge is 0.392 e. The average molecular weight is 303 g/mol. The van der Waals surface area contributed by atoms with Gasteiger partial charge in [0.25, 0.3) is 0 Å². The summed E-state index contributed by atoms with van der Waals surface area (Å²) in [6.45, 7) is 6.10. The quantitative estimate of drug-likeness (QED) is 0.839. The van der Waals surface area contributed by atoms with Crippen LogP contribution < -0.4 is 0 Å². The van der Waals surface area contributed by atoms with Crippen molar-refractivity contribution in [3.05, 3.63) is 0 Å². The maximum Gasteiger partial charge on any atom is 0.214 e. The van der Waals surface area contributed by atoms with Gasteiger partial charge in [-0.3, -0.25) is 0 Å². The molecule has 2 saturated carbocycles. The fourth-order valence-corrected chi connectivity index (χ4v) is 6.87. The molecule has 0 aromatic rings. The van der Waals surface area contributed by atoms with Gasteiger partial charge in [-0.2, -0.15) is 4.31 Å². The van der Waals surface area contributed by atoms with Gasteiger partial charge in [-0.1, -0.05) is 13.8 Å². The second-order valence-electron chi connectivity index (χ2n) is 7.13. The fraction of sp³-hybridized carbons (Fsp3) is 1.00. The number of aliphatic hydroxyl groups excluding tert-OH is 1. The van der Waals surface area contributed by atoms with Gasteiger partial charge in [0.1, 0.15) is 0 Å². The minimum Gasteiger partial charge on any atom is -0.392 e. The maximum absolute atomic E-state index is 12.7. The van der Waals surface area contributed by atoms with Crippen molar-refractivity contribution in [2.24, 2.45) is 16.7 Å². The third kappa shape index (κ3) is 1.95. The topological polar surface area (TPSA) is 66.8 Å². The molecule has 1 heterocycles. The summed E-state index contributed by atoms with van der Waals surface area (Å²) in [5.74, 6) is 0.544. The van der Waals surface area contributed by atoms with Crippen LogP contribution in [0.3, 0.4) is 0 Å². The Kier molecular flexibility index (Phi) is 3.44. The first-order valence-electron chi connectivity index (χ1n) is 7.53. The van der Waals surface area contributed by atoms with Crippen molar-refractivity contribution in [1.29, 1.82) is 0 Å². The third-order valence-corrected chi connectivity index (χ3v) is 8.22. The highest BCUT2D eigenvalue weighted by atomic mass is 32.2. The number of hydrogen-bond acceptors (Lipinski definition) is 4. The van der Waals surface area contributed by atoms with E-state index in [4.69, 9.17) is 4.74 Å². The van der Waals surface area contributed by atoms with E-state index in [0.29, 0.717) is 32.2 Å². The predicted molar refractivity (Wildman–Crippen MR) is 75.7 cm³/mol. The van der Waals surface area contributed by atoms with Crippen molar-refractivity contribution in [3.63, 3.8) is 0 Å². The van der Waals surface area contributed by atoms with Crippen molar-refractivity contribution >= 4 is 10.0 Å². The van der Waals surface area contributed by atoms with Crippen molar-refractivity contribution in [2.75, 3.05) is 32.1 Å². The third-order valence-electron chi connectivity index (χ3n) is 6.19. The molecule has 0 radical (unpaired) electrons. The summed E-state index contributed by atoms with van der Waals surface area (Å²) in [5.41, 5.74) is -0.555. The Morgan fingerprint density at radius 1 is 1.30 bits per heavy atom. The standard InChI is InChI=1S/C14H25NO4S/c1-13(2)11-3-4-14(13,12(16)9-11)10-20(17,18)15-5-7-19-8-6-15/h11-12,16H,3-10H2,1-2H3. The van der Waals surface area contributed by atoms with Crippen molar-refractivity contribution in [3.8, 4) is 0 Å². The zero-order valence-electron chi connectivity index (χ0n) is 12.3. The molecule has 3 rings (SSSR count). The summed E-state index contributed by atoms with van der Waals surface area (Å²) in [7, 11) is -3.32. The highest BCUT2D eigenvalue weighted by molar-refractivity contribution is 7.89. The number of nitrogens with zero attached hydrogens (tertiary/aromatic N) is 1. The molecule has 5 nitrogen and oxygen atoms in total. The predicted octanol–water partition coefficient (Wildman–Crippen LogP) is 0.836. The van der Waals surface area contributed by atoms with Crippen molar-refractivity contribution in [2.45, 2.75) is 39.2 Å². The lowest BCUT2D eigenvalue weighted by Gasteiger charge is -2.41. The van der Waals surface area contributed by atoms with Crippen molar-refractivity contribution < 1.29 is 18.3 Å². The van der Waals surface area contributed by atoms with Gasteiger partial charge in [0.05, 0.1) is 25.1 Å². The fourth-order valence-electron chi connectivity index (χ4n) is 4.62. The van der Waals surface area contributed by atoms with Gasteiger partial charge in [-0.25, -0.2) is 8.42 Å². The van der Waals surface area contributed by atoms with Crippen LogP contribution in [0.4, 0.5) is 0 Å². The number of hydrogen-bond donors (Lipinski definition) is 1. The van der Waals surface area contributed by atoms with E-state index in [1.165, 1.54) is 0 Å². The van der Waals surface area contributed by atoms with E-state index in [-0.39, 0.29) is 11.2 Å². The van der Waals surface area contributed by atoms with Gasteiger partial charge in [-0.05, 0) is 30.6 Å². The second kappa shape index (κ2) is 4.66. The van der Waals surface area contributed by atoms with Crippen LogP contribution in [0.15, 0.2) is 0 Å². The Labute approximate surface area is 121 Å². The molecule has 0 spiro atoms. The van der Waals surface area contributed by atoms with Crippen molar-refractivity contribution in [1.82, 2.24) is 4.31 Å². The molecule has 0 aromatic carbocycles. The molecule has 1 saturated heterocycles. The molecule has 20 heavy (non-hydrogen) atoms. The lowest BCUT2D eigenvalue weighted by Crippen LogP contribution is -2.50. The molecule has 3 aliphatic rings. The maximum atomic E-state index is 12.7. The lowest BCUT2D eigenvalue weighted by atomic mass is 9.70. The van der Waals surface area contributed by atoms with Gasteiger partial charge >= 0.3 is 0 Å². The van der Waals surface area contributed by atoms with Gasteiger partial charge < -0.3 is 9.84 Å². The Bertz CT molecular complexity index is 483. The molecule has 3 unspecified atom stereocenters. The first kappa shape index (κ1) is 14.8. The molecule has 116 valence electrons. The molecule has 2 bridgehead atoms. The number of morpholine rings is 1. The molecule has 6 heteroatoms. The summed E-state index contributed by atoms with van der Waals surface area (Å²) in [6, 6.07) is 0. The van der Waals surface area contributed by atoms with Crippen LogP contribution >= 0.6 is 0 Å². The van der Waals surface area contributed by atoms with E-state index < -0.39 is 21.5 Å². The number of fused-ring (bicyclic) bond motifs is 2. The lowest BCUT2D eigenvalue weighted by molar-refractivity contribution is 0.0133. The molecule has 1 aliphatic heterocycles. The van der Waals surface area contributed by atoms with Gasteiger partial charge in [0.2, 0.25) is 10.0 Å². The molecular weight excluding hydrogens is 278 g/mol. The van der Waals surface area contributed by atoms with Gasteiger partial charge in [0.15, 0.2) is 0 Å². The number of aliphatic hydroxyl groups is 1. The Hall–Kier alpha value is -0.170. The van der Waals surface area contributed by atoms with E-state index in [1.54, 1.807) is 4.31 Å². The highest BCUT2D eigenvalue weighted by Crippen LogP contribution is 2.66. The first-order chi connectivity index (χ1) is 9.30. The van der Waals surface area contributed by atoms with Crippen LogP contribution in [0.1, 0.15) is 33.1 Å². The Morgan fingerprint density at radius 2 is 1.95 bits per heavy atom. The molecule has 0 amide bonds. The monoisotopic (exact) mass is 303 g/mol. The summed E-state index contributed by atoms with van der Waals surface area (Å²) < 4.78 is 32.2. The SMILES string of the molecule is CC1(C)C2CCC1(CS(=O)(=O)N1CCOCC1)C(O)C2. The van der Waals surface area contributed by atoms with Crippen LogP contribution in [0, 0.1) is 16.7 Å². The Balaban J connectivity index is 1.86. The van der Waals surface area contributed by atoms with Crippen LogP contribution in [0.2, 0.25) is 0 Å². The normalized spacial score (nSPS) is 41.1. The minimum atomic E-state index is -3.32. The van der Waals surface area contributed by atoms with Crippen LogP contribution in [-0.4, -0.2) is 56.0 Å². The zero-order chi connectivity index (χ0) is 14.6. The van der Waals surface area contributed by atoms with E-state index in [1.807, 2.05) is 0 Å². The molecule has 3 atom stereocenters. The molecular formula is C14H25NO4S. The minimum absolute atomic E-state index is 0.0880. The van der Waals surface area contributed by atoms with E-state index >= 15 is 0 Å². The first-order valence-corrected chi connectivity index (χ1v) is 9.14. The average Bonchev–Trinajstić information content (AvgIpc) is 2.73. The summed E-state index contributed by atoms with van der Waals surface area (Å²) in [6.07, 6.45) is 2.15. The number of sulfonamides is 1. The molecule has 1 N–H and O–H groups in total. The summed E-state index contributed by atoms with van der Waals surface area (Å²) >= 11 is 0. The smallest absolute Gasteiger partial charge is 0.214 e. The zero-order valence-corrected chi connectivity index (χ0v) is 13.2. The van der Waals surface area contributed by atoms with Gasteiger partial charge in [0, 0.05) is 18.5 Å². The molecule has 0 aromatic heterocycles. The van der Waals surface area contributed by atoms with E-state index in [9.17, 15) is 13.5 Å². The second-order valence-corrected chi connectivity index (χ2v) is 9.10. The summed E-state index contributed by atoms with van der Waals surface area (Å²) in [4.78, 5) is 0. The molecule has 2 aliphatic carbocycles. The number of rotatable bonds is 3. The Morgan fingerprint density at radius 3 is 2.45 bits per heavy atom. The highest BCUT2D eigenvalue weighted by Gasteiger charge is 2.65. The van der Waals surface area contributed by atoms with E-state index in [0.717, 1.165) is 19.3 Å². The van der Waals surface area contributed by atoms with Gasteiger partial charge in [-0.15, -0.1) is 0 Å². The van der Waals surface area contributed by atoms with E-state index in [2.05, 4.69) is 13.8 Å². The van der Waals surface area contributed by atoms with Crippen LogP contribution in [-0.2, 0) is 14.8 Å². The summed E-state index contributed by atoms with van der Waals surface area (Å²) in [5, 5.41) is 10.5.